The summed E-state index contributed by atoms with van der Waals surface area (Å²) in [5.41, 5.74) is 3.81. The van der Waals surface area contributed by atoms with E-state index in [1.165, 1.54) is 12.1 Å². The molecule has 2 aromatic carbocycles. The Morgan fingerprint density at radius 3 is 2.38 bits per heavy atom. The molecular formula is C22H18FN3O2S. The maximum absolute atomic E-state index is 13.2. The number of carbonyl (C=O) groups excluding carboxylic acids is 2. The first-order chi connectivity index (χ1) is 13.9. The first-order valence-electron chi connectivity index (χ1n) is 9.14. The number of hydrogen-bond donors (Lipinski definition) is 2. The van der Waals surface area contributed by atoms with Crippen molar-refractivity contribution in [1.82, 2.24) is 15.2 Å². The van der Waals surface area contributed by atoms with Crippen LogP contribution in [0.25, 0.3) is 17.0 Å². The molecule has 7 heteroatoms. The number of thiocarbonyl (C=S) groups is 1. The Balaban J connectivity index is 1.74. The molecule has 2 heterocycles. The van der Waals surface area contributed by atoms with E-state index < -0.39 is 11.8 Å². The monoisotopic (exact) mass is 407 g/mol. The molecular weight excluding hydrogens is 389 g/mol. The predicted molar refractivity (Wildman–Crippen MR) is 114 cm³/mol. The van der Waals surface area contributed by atoms with Crippen molar-refractivity contribution in [3.63, 3.8) is 0 Å². The topological polar surface area (TPSA) is 63.1 Å². The largest absolute Gasteiger partial charge is 0.344 e. The second kappa shape index (κ2) is 7.60. The van der Waals surface area contributed by atoms with Gasteiger partial charge in [0.05, 0.1) is 0 Å². The summed E-state index contributed by atoms with van der Waals surface area (Å²) < 4.78 is 15.3. The van der Waals surface area contributed by atoms with Gasteiger partial charge in [-0.1, -0.05) is 30.3 Å². The van der Waals surface area contributed by atoms with Crippen LogP contribution in [0.4, 0.5) is 4.39 Å². The van der Waals surface area contributed by atoms with Crippen molar-refractivity contribution < 1.29 is 14.0 Å². The molecule has 0 atom stereocenters. The summed E-state index contributed by atoms with van der Waals surface area (Å²) in [4.78, 5) is 24.5. The number of hydrogen-bond acceptors (Lipinski definition) is 3. The maximum atomic E-state index is 13.2. The molecule has 0 aliphatic carbocycles. The van der Waals surface area contributed by atoms with E-state index in [1.54, 1.807) is 18.2 Å². The molecule has 0 spiro atoms. The van der Waals surface area contributed by atoms with Gasteiger partial charge in [0.15, 0.2) is 5.11 Å². The van der Waals surface area contributed by atoms with Gasteiger partial charge in [-0.3, -0.25) is 20.2 Å². The Labute approximate surface area is 172 Å². The van der Waals surface area contributed by atoms with Crippen LogP contribution < -0.4 is 10.6 Å². The Morgan fingerprint density at radius 2 is 1.69 bits per heavy atom. The number of fused-ring (bicyclic) bond motifs is 1. The number of amides is 2. The van der Waals surface area contributed by atoms with Crippen LogP contribution in [0.2, 0.25) is 0 Å². The maximum Gasteiger partial charge on any atom is 0.263 e. The average molecular weight is 407 g/mol. The lowest BCUT2D eigenvalue weighted by atomic mass is 10.1. The molecule has 1 aliphatic heterocycles. The fourth-order valence-electron chi connectivity index (χ4n) is 3.57. The van der Waals surface area contributed by atoms with Crippen molar-refractivity contribution in [2.75, 3.05) is 0 Å². The van der Waals surface area contributed by atoms with Gasteiger partial charge in [-0.15, -0.1) is 0 Å². The normalized spacial score (nSPS) is 14.1. The number of carbonyl (C=O) groups is 2. The van der Waals surface area contributed by atoms with Crippen molar-refractivity contribution in [3.8, 4) is 0 Å². The fraction of sp³-hybridized carbons (Fsp3) is 0.136. The number of nitrogens with one attached hydrogen (secondary N) is 2. The summed E-state index contributed by atoms with van der Waals surface area (Å²) in [6, 6.07) is 14.3. The van der Waals surface area contributed by atoms with Crippen molar-refractivity contribution in [2.45, 2.75) is 19.9 Å². The van der Waals surface area contributed by atoms with Gasteiger partial charge in [0.1, 0.15) is 11.4 Å². The van der Waals surface area contributed by atoms with Gasteiger partial charge < -0.3 is 4.57 Å². The van der Waals surface area contributed by atoms with Gasteiger partial charge in [0.2, 0.25) is 0 Å². The van der Waals surface area contributed by atoms with Crippen LogP contribution in [0, 0.1) is 12.7 Å². The Kier molecular flexibility index (Phi) is 4.98. The zero-order valence-electron chi connectivity index (χ0n) is 15.7. The van der Waals surface area contributed by atoms with E-state index in [-0.39, 0.29) is 16.5 Å². The second-order valence-electron chi connectivity index (χ2n) is 6.84. The van der Waals surface area contributed by atoms with Crippen molar-refractivity contribution in [1.29, 1.82) is 0 Å². The quantitative estimate of drug-likeness (QED) is 0.397. The highest BCUT2D eigenvalue weighted by molar-refractivity contribution is 7.80. The van der Waals surface area contributed by atoms with Gasteiger partial charge in [-0.2, -0.15) is 0 Å². The number of nitrogens with zero attached hydrogens (tertiary/aromatic N) is 1. The van der Waals surface area contributed by atoms with Crippen LogP contribution in [0.1, 0.15) is 16.8 Å². The summed E-state index contributed by atoms with van der Waals surface area (Å²) in [5.74, 6) is -1.28. The van der Waals surface area contributed by atoms with E-state index in [4.69, 9.17) is 12.2 Å². The third-order valence-corrected chi connectivity index (χ3v) is 5.25. The van der Waals surface area contributed by atoms with E-state index in [1.807, 2.05) is 31.2 Å². The zero-order valence-corrected chi connectivity index (χ0v) is 16.5. The summed E-state index contributed by atoms with van der Waals surface area (Å²) in [7, 11) is 0. The van der Waals surface area contributed by atoms with Gasteiger partial charge >= 0.3 is 0 Å². The molecule has 29 heavy (non-hydrogen) atoms. The van der Waals surface area contributed by atoms with Crippen LogP contribution in [0.3, 0.4) is 0 Å². The molecule has 2 N–H and O–H groups in total. The second-order valence-corrected chi connectivity index (χ2v) is 7.25. The molecule has 146 valence electrons. The molecule has 3 aromatic rings. The summed E-state index contributed by atoms with van der Waals surface area (Å²) in [6.07, 6.45) is 2.34. The van der Waals surface area contributed by atoms with Gasteiger partial charge in [0, 0.05) is 28.7 Å². The van der Waals surface area contributed by atoms with Gasteiger partial charge in [-0.25, -0.2) is 4.39 Å². The lowest BCUT2D eigenvalue weighted by Crippen LogP contribution is -2.51. The Hall–Kier alpha value is -3.32. The molecule has 0 radical (unpaired) electrons. The minimum atomic E-state index is -0.513. The fourth-order valence-corrected chi connectivity index (χ4v) is 3.76. The summed E-state index contributed by atoms with van der Waals surface area (Å²) >= 11 is 4.85. The highest BCUT2D eigenvalue weighted by atomic mass is 32.1. The van der Waals surface area contributed by atoms with Crippen LogP contribution in [-0.2, 0) is 22.6 Å². The zero-order chi connectivity index (χ0) is 20.5. The lowest BCUT2D eigenvalue weighted by Gasteiger charge is -2.16. The summed E-state index contributed by atoms with van der Waals surface area (Å²) in [6.45, 7) is 2.64. The van der Waals surface area contributed by atoms with Crippen LogP contribution >= 0.6 is 12.2 Å². The molecule has 1 fully saturated rings. The molecule has 0 saturated carbocycles. The first kappa shape index (κ1) is 19.0. The number of benzene rings is 2. The number of para-hydroxylation sites is 1. The molecule has 4 rings (SSSR count). The minimum absolute atomic E-state index is 0.00981. The molecule has 1 saturated heterocycles. The highest BCUT2D eigenvalue weighted by Gasteiger charge is 2.26. The SMILES string of the molecule is Cc1c(C=C2C(=O)NC(=S)NC2=O)c2ccccc2n1CCc1ccc(F)cc1. The average Bonchev–Trinajstić information content (AvgIpc) is 2.95. The number of aryl methyl sites for hydroxylation is 2. The molecule has 1 aliphatic rings. The standard InChI is InChI=1S/C22H18FN3O2S/c1-13-17(12-18-20(27)24-22(29)25-21(18)28)16-4-2-3-5-19(16)26(13)11-10-14-6-8-15(23)9-7-14/h2-9,12H,10-11H2,1H3,(H2,24,25,27,28,29). The van der Waals surface area contributed by atoms with Crippen molar-refractivity contribution in [2.24, 2.45) is 0 Å². The van der Waals surface area contributed by atoms with Gasteiger partial charge in [-0.05, 0) is 55.4 Å². The van der Waals surface area contributed by atoms with E-state index >= 15 is 0 Å². The summed E-state index contributed by atoms with van der Waals surface area (Å²) in [5, 5.41) is 5.88. The van der Waals surface area contributed by atoms with E-state index in [9.17, 15) is 14.0 Å². The Morgan fingerprint density at radius 1 is 1.03 bits per heavy atom. The predicted octanol–water partition coefficient (Wildman–Crippen LogP) is 3.25. The Bertz CT molecular complexity index is 1160. The first-order valence-corrected chi connectivity index (χ1v) is 9.55. The van der Waals surface area contributed by atoms with Crippen LogP contribution in [-0.4, -0.2) is 21.5 Å². The molecule has 2 amide bonds. The molecule has 0 bridgehead atoms. The molecule has 1 aromatic heterocycles. The number of aromatic nitrogens is 1. The number of halogens is 1. The minimum Gasteiger partial charge on any atom is -0.344 e. The number of rotatable bonds is 4. The van der Waals surface area contributed by atoms with E-state index in [0.29, 0.717) is 6.54 Å². The smallest absolute Gasteiger partial charge is 0.263 e. The van der Waals surface area contributed by atoms with Crippen molar-refractivity contribution >= 4 is 46.1 Å². The molecule has 5 nitrogen and oxygen atoms in total. The van der Waals surface area contributed by atoms with Gasteiger partial charge in [0.25, 0.3) is 11.8 Å². The third kappa shape index (κ3) is 3.69. The van der Waals surface area contributed by atoms with E-state index in [2.05, 4.69) is 15.2 Å². The van der Waals surface area contributed by atoms with Crippen molar-refractivity contribution in [3.05, 3.63) is 76.7 Å². The lowest BCUT2D eigenvalue weighted by molar-refractivity contribution is -0.123. The molecule has 0 unspecified atom stereocenters. The highest BCUT2D eigenvalue weighted by Crippen LogP contribution is 2.28. The van der Waals surface area contributed by atoms with Crippen LogP contribution in [0.5, 0.6) is 0 Å². The third-order valence-electron chi connectivity index (χ3n) is 5.05. The van der Waals surface area contributed by atoms with Crippen LogP contribution in [0.15, 0.2) is 54.1 Å². The van der Waals surface area contributed by atoms with E-state index in [0.717, 1.165) is 34.1 Å².